The van der Waals surface area contributed by atoms with Crippen LogP contribution in [0.3, 0.4) is 0 Å². The highest BCUT2D eigenvalue weighted by atomic mass is 32.2. The molecule has 1 amide bonds. The number of hydrogen-bond acceptors (Lipinski definition) is 5. The highest BCUT2D eigenvalue weighted by Crippen LogP contribution is 2.28. The Balaban J connectivity index is 2.22. The molecule has 0 atom stereocenters. The topological polar surface area (TPSA) is 107 Å². The van der Waals surface area contributed by atoms with Gasteiger partial charge in [0.25, 0.3) is 10.0 Å². The Hall–Kier alpha value is -3.13. The first-order chi connectivity index (χ1) is 13.2. The summed E-state index contributed by atoms with van der Waals surface area (Å²) in [7, 11) is -3.85. The molecule has 0 aliphatic heterocycles. The van der Waals surface area contributed by atoms with Gasteiger partial charge in [0.05, 0.1) is 16.8 Å². The number of nitrogens with two attached hydrogens (primary N) is 1. The second-order valence-corrected chi connectivity index (χ2v) is 8.64. The zero-order valence-corrected chi connectivity index (χ0v) is 16.7. The van der Waals surface area contributed by atoms with Gasteiger partial charge in [0, 0.05) is 29.3 Å². The summed E-state index contributed by atoms with van der Waals surface area (Å²) >= 11 is 0. The van der Waals surface area contributed by atoms with Gasteiger partial charge < -0.3 is 11.1 Å². The number of carbonyl (C=O) groups is 1. The van der Waals surface area contributed by atoms with E-state index >= 15 is 0 Å². The molecule has 7 nitrogen and oxygen atoms in total. The fourth-order valence-corrected chi connectivity index (χ4v) is 4.16. The van der Waals surface area contributed by atoms with Crippen molar-refractivity contribution in [3.63, 3.8) is 0 Å². The van der Waals surface area contributed by atoms with E-state index in [2.05, 4.69) is 10.3 Å². The smallest absolute Gasteiger partial charge is 0.269 e. The van der Waals surface area contributed by atoms with Gasteiger partial charge in [-0.05, 0) is 45.0 Å². The van der Waals surface area contributed by atoms with Crippen LogP contribution in [0.15, 0.2) is 53.7 Å². The van der Waals surface area contributed by atoms with E-state index < -0.39 is 15.9 Å². The Morgan fingerprint density at radius 1 is 1.25 bits per heavy atom. The van der Waals surface area contributed by atoms with Gasteiger partial charge in [-0.1, -0.05) is 17.7 Å². The fourth-order valence-electron chi connectivity index (χ4n) is 2.83. The second kappa shape index (κ2) is 7.47. The molecule has 8 heteroatoms. The fraction of sp³-hybridized carbons (Fsp3) is 0.200. The lowest BCUT2D eigenvalue weighted by Gasteiger charge is -2.10. The molecule has 146 valence electrons. The summed E-state index contributed by atoms with van der Waals surface area (Å²) in [6, 6.07) is 8.59. The van der Waals surface area contributed by atoms with Crippen LogP contribution in [-0.2, 0) is 14.8 Å². The summed E-state index contributed by atoms with van der Waals surface area (Å²) in [5.74, 6) is -0.619. The molecule has 0 aliphatic rings. The summed E-state index contributed by atoms with van der Waals surface area (Å²) in [5.41, 5.74) is 7.72. The second-order valence-electron chi connectivity index (χ2n) is 6.83. The van der Waals surface area contributed by atoms with Crippen molar-refractivity contribution < 1.29 is 13.2 Å². The van der Waals surface area contributed by atoms with Crippen LogP contribution >= 0.6 is 0 Å². The summed E-state index contributed by atoms with van der Waals surface area (Å²) in [6.45, 7) is 5.87. The van der Waals surface area contributed by atoms with Gasteiger partial charge in [0.1, 0.15) is 0 Å². The SMILES string of the molecule is Cc1ccc(S(=O)(=O)n2cc(/C=C/C(N)=O)c3cc(NC(C)C)cnc32)cc1. The third-order valence-electron chi connectivity index (χ3n) is 4.10. The van der Waals surface area contributed by atoms with Crippen molar-refractivity contribution in [3.05, 3.63) is 59.9 Å². The highest BCUT2D eigenvalue weighted by Gasteiger charge is 2.22. The Labute approximate surface area is 163 Å². The number of amides is 1. The van der Waals surface area contributed by atoms with Crippen LogP contribution in [0.1, 0.15) is 25.0 Å². The predicted octanol–water partition coefficient (Wildman–Crippen LogP) is 2.90. The van der Waals surface area contributed by atoms with Crippen molar-refractivity contribution in [1.82, 2.24) is 8.96 Å². The zero-order chi connectivity index (χ0) is 20.5. The average molecular weight is 398 g/mol. The molecule has 0 aliphatic carbocycles. The monoisotopic (exact) mass is 398 g/mol. The quantitative estimate of drug-likeness (QED) is 0.621. The molecule has 2 heterocycles. The van der Waals surface area contributed by atoms with Gasteiger partial charge in [-0.25, -0.2) is 17.4 Å². The molecule has 0 bridgehead atoms. The Bertz CT molecular complexity index is 1160. The number of benzene rings is 1. The van der Waals surface area contributed by atoms with Gasteiger partial charge in [-0.3, -0.25) is 4.79 Å². The van der Waals surface area contributed by atoms with Crippen molar-refractivity contribution in [1.29, 1.82) is 0 Å². The van der Waals surface area contributed by atoms with Gasteiger partial charge >= 0.3 is 0 Å². The number of primary amides is 1. The first-order valence-corrected chi connectivity index (χ1v) is 10.2. The Kier molecular flexibility index (Phi) is 5.24. The van der Waals surface area contributed by atoms with Gasteiger partial charge in [-0.2, -0.15) is 0 Å². The number of pyridine rings is 1. The molecule has 0 saturated carbocycles. The number of nitrogens with one attached hydrogen (secondary N) is 1. The molecule has 0 saturated heterocycles. The standard InChI is InChI=1S/C20H22N4O3S/c1-13(2)23-16-10-18-15(6-9-19(21)25)12-24(20(18)22-11-16)28(26,27)17-7-4-14(3)5-8-17/h4-13,23H,1-3H3,(H2,21,25)/b9-6+. The van der Waals surface area contributed by atoms with Gasteiger partial charge in [0.2, 0.25) is 5.91 Å². The van der Waals surface area contributed by atoms with Crippen LogP contribution in [0.2, 0.25) is 0 Å². The van der Waals surface area contributed by atoms with Crippen LogP contribution in [0, 0.1) is 6.92 Å². The molecule has 0 unspecified atom stereocenters. The van der Waals surface area contributed by atoms with E-state index in [1.807, 2.05) is 26.8 Å². The van der Waals surface area contributed by atoms with Gasteiger partial charge in [0.15, 0.2) is 5.65 Å². The lowest BCUT2D eigenvalue weighted by Crippen LogP contribution is -2.13. The van der Waals surface area contributed by atoms with Crippen LogP contribution in [0.4, 0.5) is 5.69 Å². The molecule has 2 aromatic heterocycles. The average Bonchev–Trinajstić information content (AvgIpc) is 2.98. The number of rotatable bonds is 6. The number of aryl methyl sites for hydroxylation is 1. The van der Waals surface area contributed by atoms with Crippen LogP contribution in [0.25, 0.3) is 17.1 Å². The van der Waals surface area contributed by atoms with E-state index in [9.17, 15) is 13.2 Å². The van der Waals surface area contributed by atoms with Crippen molar-refractivity contribution in [2.24, 2.45) is 5.73 Å². The molecule has 28 heavy (non-hydrogen) atoms. The highest BCUT2D eigenvalue weighted by molar-refractivity contribution is 7.90. The lowest BCUT2D eigenvalue weighted by molar-refractivity contribution is -0.113. The van der Waals surface area contributed by atoms with E-state index in [-0.39, 0.29) is 16.6 Å². The van der Waals surface area contributed by atoms with Crippen molar-refractivity contribution in [3.8, 4) is 0 Å². The molecule has 0 radical (unpaired) electrons. The zero-order valence-electron chi connectivity index (χ0n) is 15.9. The lowest BCUT2D eigenvalue weighted by atomic mass is 10.2. The maximum Gasteiger partial charge on any atom is 0.269 e. The van der Waals surface area contributed by atoms with E-state index in [4.69, 9.17) is 5.73 Å². The van der Waals surface area contributed by atoms with Crippen LogP contribution in [0.5, 0.6) is 0 Å². The summed E-state index contributed by atoms with van der Waals surface area (Å²) in [4.78, 5) is 15.7. The van der Waals surface area contributed by atoms with E-state index in [0.29, 0.717) is 10.9 Å². The molecule has 3 N–H and O–H groups in total. The maximum atomic E-state index is 13.2. The molecular formula is C20H22N4O3S. The van der Waals surface area contributed by atoms with E-state index in [1.54, 1.807) is 30.5 Å². The first-order valence-electron chi connectivity index (χ1n) is 8.76. The first kappa shape index (κ1) is 19.6. The van der Waals surface area contributed by atoms with Crippen LogP contribution < -0.4 is 11.1 Å². The third-order valence-corrected chi connectivity index (χ3v) is 5.77. The molecular weight excluding hydrogens is 376 g/mol. The number of fused-ring (bicyclic) bond motifs is 1. The number of nitrogens with zero attached hydrogens (tertiary/aromatic N) is 2. The van der Waals surface area contributed by atoms with Gasteiger partial charge in [-0.15, -0.1) is 0 Å². The van der Waals surface area contributed by atoms with E-state index in [0.717, 1.165) is 15.2 Å². The largest absolute Gasteiger partial charge is 0.382 e. The third kappa shape index (κ3) is 3.91. The Morgan fingerprint density at radius 3 is 2.54 bits per heavy atom. The number of carbonyl (C=O) groups excluding carboxylic acids is 1. The maximum absolute atomic E-state index is 13.2. The normalized spacial score (nSPS) is 12.1. The minimum atomic E-state index is -3.85. The van der Waals surface area contributed by atoms with Crippen LogP contribution in [-0.4, -0.2) is 29.3 Å². The Morgan fingerprint density at radius 2 is 1.93 bits per heavy atom. The molecule has 1 aromatic carbocycles. The number of hydrogen-bond donors (Lipinski definition) is 2. The molecule has 0 fully saturated rings. The minimum Gasteiger partial charge on any atom is -0.382 e. The number of anilines is 1. The summed E-state index contributed by atoms with van der Waals surface area (Å²) < 4.78 is 27.5. The van der Waals surface area contributed by atoms with Crippen molar-refractivity contribution in [2.45, 2.75) is 31.7 Å². The summed E-state index contributed by atoms with van der Waals surface area (Å²) in [5, 5.41) is 3.83. The molecule has 3 aromatic rings. The predicted molar refractivity (Wildman–Crippen MR) is 110 cm³/mol. The number of aromatic nitrogens is 2. The van der Waals surface area contributed by atoms with E-state index in [1.165, 1.54) is 18.3 Å². The minimum absolute atomic E-state index is 0.159. The van der Waals surface area contributed by atoms with Crippen molar-refractivity contribution >= 4 is 38.7 Å². The molecule has 3 rings (SSSR count). The summed E-state index contributed by atoms with van der Waals surface area (Å²) in [6.07, 6.45) is 5.73. The van der Waals surface area contributed by atoms with Crippen molar-refractivity contribution in [2.75, 3.05) is 5.32 Å². The molecule has 0 spiro atoms.